The maximum Gasteiger partial charge on any atom is 0.346 e. The Hall–Kier alpha value is -2.89. The van der Waals surface area contributed by atoms with Crippen LogP contribution < -0.4 is 15.4 Å². The number of carbonyl (C=O) groups is 2. The number of amides is 2. The van der Waals surface area contributed by atoms with Crippen molar-refractivity contribution in [3.63, 3.8) is 0 Å². The predicted molar refractivity (Wildman–Crippen MR) is 130 cm³/mol. The van der Waals surface area contributed by atoms with Gasteiger partial charge in [-0.3, -0.25) is 5.32 Å². The van der Waals surface area contributed by atoms with Crippen LogP contribution in [-0.2, 0) is 11.3 Å². The van der Waals surface area contributed by atoms with Gasteiger partial charge in [0.25, 0.3) is 0 Å². The molecule has 2 N–H and O–H groups in total. The van der Waals surface area contributed by atoms with Gasteiger partial charge in [0.1, 0.15) is 11.6 Å². The summed E-state index contributed by atoms with van der Waals surface area (Å²) in [5.41, 5.74) is 1.62. The van der Waals surface area contributed by atoms with Gasteiger partial charge in [-0.2, -0.15) is 4.37 Å². The van der Waals surface area contributed by atoms with Crippen molar-refractivity contribution in [1.82, 2.24) is 24.0 Å². The number of carbonyl (C=O) groups excluding carboxylic acids is 2. The van der Waals surface area contributed by atoms with Gasteiger partial charge in [0.15, 0.2) is 5.56 Å². The lowest BCUT2D eigenvalue weighted by molar-refractivity contribution is 0.0596. The third-order valence-electron chi connectivity index (χ3n) is 5.57. The van der Waals surface area contributed by atoms with Crippen LogP contribution in [0.4, 0.5) is 9.80 Å². The van der Waals surface area contributed by atoms with Gasteiger partial charge in [-0.05, 0) is 62.9 Å². The summed E-state index contributed by atoms with van der Waals surface area (Å²) < 4.78 is 16.6. The first-order valence-corrected chi connectivity index (χ1v) is 12.3. The van der Waals surface area contributed by atoms with E-state index in [1.165, 1.54) is 33.0 Å². The highest BCUT2D eigenvalue weighted by molar-refractivity contribution is 7.11. The molecule has 3 aromatic rings. The first-order chi connectivity index (χ1) is 16.5. The number of esters is 1. The topological polar surface area (TPSA) is 110 Å². The van der Waals surface area contributed by atoms with Crippen LogP contribution in [0.5, 0.6) is 5.88 Å². The van der Waals surface area contributed by atoms with Gasteiger partial charge in [-0.15, -0.1) is 0 Å². The summed E-state index contributed by atoms with van der Waals surface area (Å²) in [6.45, 7) is 4.07. The number of anilines is 1. The molecule has 10 nitrogen and oxygen atoms in total. The van der Waals surface area contributed by atoms with Crippen LogP contribution in [0, 0.1) is 0 Å². The largest absolute Gasteiger partial charge is 0.471 e. The number of unbranched alkanes of at least 4 members (excludes halogenated alkanes) is 1. The Morgan fingerprint density at radius 1 is 1.26 bits per heavy atom. The molecule has 1 aliphatic heterocycles. The normalized spacial score (nSPS) is 13.8. The van der Waals surface area contributed by atoms with Crippen LogP contribution in [0.15, 0.2) is 24.8 Å². The molecule has 0 radical (unpaired) electrons. The van der Waals surface area contributed by atoms with Crippen molar-refractivity contribution in [2.75, 3.05) is 38.6 Å². The summed E-state index contributed by atoms with van der Waals surface area (Å²) in [6.07, 6.45) is 9.60. The van der Waals surface area contributed by atoms with E-state index in [4.69, 9.17) is 21.1 Å². The fourth-order valence-electron chi connectivity index (χ4n) is 3.83. The summed E-state index contributed by atoms with van der Waals surface area (Å²) in [4.78, 5) is 31.2. The Morgan fingerprint density at radius 2 is 2.09 bits per heavy atom. The molecule has 3 aromatic heterocycles. The van der Waals surface area contributed by atoms with Gasteiger partial charge in [-0.25, -0.2) is 14.6 Å². The minimum Gasteiger partial charge on any atom is -0.471 e. The number of methoxy groups -OCH3 is 1. The van der Waals surface area contributed by atoms with Gasteiger partial charge in [0, 0.05) is 18.3 Å². The van der Waals surface area contributed by atoms with Crippen LogP contribution in [-0.4, -0.2) is 63.9 Å². The Bertz CT molecular complexity index is 1140. The first-order valence-electron chi connectivity index (χ1n) is 11.1. The van der Waals surface area contributed by atoms with E-state index in [9.17, 15) is 9.59 Å². The first kappa shape index (κ1) is 24.2. The number of pyridine rings is 1. The van der Waals surface area contributed by atoms with Gasteiger partial charge in [0.05, 0.1) is 30.2 Å². The number of nitrogens with zero attached hydrogens (tertiary/aromatic N) is 4. The molecular formula is C22H27ClN6O4S. The highest BCUT2D eigenvalue weighted by Gasteiger charge is 2.25. The molecule has 0 aliphatic carbocycles. The molecule has 0 aromatic carbocycles. The molecule has 0 spiro atoms. The SMILES string of the molecule is COC(=O)c1c(OCc2cc(Cl)c3cncn3c2)nsc1NC(=O)NCCCCN1CCCC1. The minimum atomic E-state index is -0.646. The van der Waals surface area contributed by atoms with Crippen molar-refractivity contribution in [1.29, 1.82) is 0 Å². The van der Waals surface area contributed by atoms with Gasteiger partial charge < -0.3 is 24.1 Å². The minimum absolute atomic E-state index is 0.0755. The Balaban J connectivity index is 1.32. The number of nitrogens with one attached hydrogen (secondary N) is 2. The number of hydrogen-bond acceptors (Lipinski definition) is 8. The van der Waals surface area contributed by atoms with Crippen molar-refractivity contribution in [2.45, 2.75) is 32.3 Å². The summed E-state index contributed by atoms with van der Waals surface area (Å²) >= 11 is 7.24. The van der Waals surface area contributed by atoms with Crippen molar-refractivity contribution in [3.8, 4) is 5.88 Å². The molecule has 0 atom stereocenters. The van der Waals surface area contributed by atoms with E-state index in [-0.39, 0.29) is 23.1 Å². The van der Waals surface area contributed by atoms with Gasteiger partial charge in [-0.1, -0.05) is 11.6 Å². The van der Waals surface area contributed by atoms with E-state index in [1.54, 1.807) is 23.0 Å². The van der Waals surface area contributed by atoms with Crippen molar-refractivity contribution in [3.05, 3.63) is 40.9 Å². The van der Waals surface area contributed by atoms with E-state index < -0.39 is 12.0 Å². The zero-order chi connectivity index (χ0) is 23.9. The number of rotatable bonds is 10. The van der Waals surface area contributed by atoms with E-state index in [2.05, 4.69) is 24.9 Å². The zero-order valence-electron chi connectivity index (χ0n) is 18.9. The van der Waals surface area contributed by atoms with E-state index >= 15 is 0 Å². The standard InChI is InChI=1S/C22H27ClN6O4S/c1-32-21(30)18-19(33-13-15-10-16(23)17-11-24-14-29(17)12-15)27-34-20(18)26-22(31)25-6-2-3-7-28-8-4-5-9-28/h10-12,14H,2-9,13H2,1H3,(H2,25,26,31). The number of halogens is 1. The highest BCUT2D eigenvalue weighted by Crippen LogP contribution is 2.32. The number of ether oxygens (including phenoxy) is 2. The number of aromatic nitrogens is 3. The number of urea groups is 1. The van der Waals surface area contributed by atoms with Crippen molar-refractivity contribution < 1.29 is 19.1 Å². The maximum atomic E-state index is 12.4. The molecule has 1 aliphatic rings. The average Bonchev–Trinajstić information content (AvgIpc) is 3.58. The Kier molecular flexibility index (Phi) is 8.20. The lowest BCUT2D eigenvalue weighted by Gasteiger charge is -2.14. The van der Waals surface area contributed by atoms with E-state index in [0.29, 0.717) is 11.6 Å². The second kappa shape index (κ2) is 11.5. The fourth-order valence-corrected chi connectivity index (χ4v) is 4.84. The lowest BCUT2D eigenvalue weighted by atomic mass is 10.3. The van der Waals surface area contributed by atoms with Crippen LogP contribution in [0.1, 0.15) is 41.6 Å². The molecule has 12 heteroatoms. The molecule has 0 saturated carbocycles. The monoisotopic (exact) mass is 506 g/mol. The number of likely N-dealkylation sites (tertiary alicyclic amines) is 1. The van der Waals surface area contributed by atoms with E-state index in [1.807, 2.05) is 6.20 Å². The van der Waals surface area contributed by atoms with Gasteiger partial charge in [0.2, 0.25) is 5.88 Å². The molecule has 182 valence electrons. The predicted octanol–water partition coefficient (Wildman–Crippen LogP) is 3.81. The van der Waals surface area contributed by atoms with Gasteiger partial charge >= 0.3 is 12.0 Å². The van der Waals surface area contributed by atoms with Crippen LogP contribution in [0.3, 0.4) is 0 Å². The molecule has 4 heterocycles. The zero-order valence-corrected chi connectivity index (χ0v) is 20.5. The number of hydrogen-bond donors (Lipinski definition) is 2. The van der Waals surface area contributed by atoms with Crippen LogP contribution in [0.25, 0.3) is 5.52 Å². The lowest BCUT2D eigenvalue weighted by Crippen LogP contribution is -2.30. The molecule has 2 amide bonds. The summed E-state index contributed by atoms with van der Waals surface area (Å²) in [6, 6.07) is 1.36. The molecular weight excluding hydrogens is 480 g/mol. The quantitative estimate of drug-likeness (QED) is 0.318. The molecule has 1 saturated heterocycles. The third-order valence-corrected chi connectivity index (χ3v) is 6.61. The van der Waals surface area contributed by atoms with Crippen LogP contribution in [0.2, 0.25) is 5.02 Å². The average molecular weight is 507 g/mol. The second-order valence-electron chi connectivity index (χ2n) is 7.99. The molecule has 0 bridgehead atoms. The third kappa shape index (κ3) is 5.96. The highest BCUT2D eigenvalue weighted by atomic mass is 35.5. The van der Waals surface area contributed by atoms with Crippen LogP contribution >= 0.6 is 23.1 Å². The molecule has 34 heavy (non-hydrogen) atoms. The maximum absolute atomic E-state index is 12.4. The van der Waals surface area contributed by atoms with E-state index in [0.717, 1.165) is 42.0 Å². The summed E-state index contributed by atoms with van der Waals surface area (Å²) in [5.74, 6) is -0.563. The summed E-state index contributed by atoms with van der Waals surface area (Å²) in [7, 11) is 1.26. The van der Waals surface area contributed by atoms with Crippen molar-refractivity contribution >= 4 is 45.7 Å². The van der Waals surface area contributed by atoms with Crippen molar-refractivity contribution in [2.24, 2.45) is 0 Å². The molecule has 0 unspecified atom stereocenters. The number of fused-ring (bicyclic) bond motifs is 1. The smallest absolute Gasteiger partial charge is 0.346 e. The fraction of sp³-hybridized carbons (Fsp3) is 0.455. The Morgan fingerprint density at radius 3 is 2.88 bits per heavy atom. The molecule has 1 fully saturated rings. The Labute approximate surface area is 206 Å². The second-order valence-corrected chi connectivity index (χ2v) is 9.17. The number of imidazole rings is 1. The summed E-state index contributed by atoms with van der Waals surface area (Å²) in [5, 5.41) is 6.31. The molecule has 4 rings (SSSR count).